The Labute approximate surface area is 119 Å². The number of piperidine rings is 1. The summed E-state index contributed by atoms with van der Waals surface area (Å²) in [4.78, 5) is -0.0576. The van der Waals surface area contributed by atoms with Crippen LogP contribution < -0.4 is 5.73 Å². The molecule has 1 aromatic carbocycles. The van der Waals surface area contributed by atoms with Gasteiger partial charge in [-0.05, 0) is 37.3 Å². The smallest absolute Gasteiger partial charge is 0.243 e. The highest BCUT2D eigenvalue weighted by molar-refractivity contribution is 7.89. The van der Waals surface area contributed by atoms with Crippen LogP contribution in [0.15, 0.2) is 17.0 Å². The lowest BCUT2D eigenvalue weighted by atomic mass is 9.83. The molecule has 0 aromatic heterocycles. The molecule has 0 aliphatic carbocycles. The largest absolute Gasteiger partial charge is 0.398 e. The van der Waals surface area contributed by atoms with Crippen molar-refractivity contribution in [2.45, 2.75) is 38.5 Å². The third kappa shape index (κ3) is 2.81. The second-order valence-corrected chi connectivity index (χ2v) is 8.13. The molecule has 0 radical (unpaired) electrons. The first-order valence-corrected chi connectivity index (χ1v) is 8.13. The number of halogens is 1. The summed E-state index contributed by atoms with van der Waals surface area (Å²) in [5, 5.41) is 0. The second-order valence-electron chi connectivity index (χ2n) is 6.19. The summed E-state index contributed by atoms with van der Waals surface area (Å²) in [6.45, 7) is 6.71. The van der Waals surface area contributed by atoms with Crippen LogP contribution in [0.1, 0.15) is 32.3 Å². The number of hydrogen-bond donors (Lipinski definition) is 1. The van der Waals surface area contributed by atoms with Gasteiger partial charge in [-0.15, -0.1) is 0 Å². The molecule has 20 heavy (non-hydrogen) atoms. The van der Waals surface area contributed by atoms with Gasteiger partial charge in [0.15, 0.2) is 0 Å². The molecule has 0 spiro atoms. The van der Waals surface area contributed by atoms with E-state index in [0.717, 1.165) is 18.9 Å². The summed E-state index contributed by atoms with van der Waals surface area (Å²) in [7, 11) is -3.66. The van der Waals surface area contributed by atoms with Gasteiger partial charge in [-0.1, -0.05) is 13.8 Å². The Morgan fingerprint density at radius 1 is 1.25 bits per heavy atom. The average molecular weight is 300 g/mol. The minimum absolute atomic E-state index is 0.0576. The van der Waals surface area contributed by atoms with E-state index in [4.69, 9.17) is 5.73 Å². The summed E-state index contributed by atoms with van der Waals surface area (Å²) in [5.74, 6) is -0.582. The van der Waals surface area contributed by atoms with Gasteiger partial charge in [-0.25, -0.2) is 12.8 Å². The van der Waals surface area contributed by atoms with E-state index in [1.165, 1.54) is 17.3 Å². The number of rotatable bonds is 2. The molecule has 1 fully saturated rings. The Balaban J connectivity index is 2.32. The van der Waals surface area contributed by atoms with E-state index >= 15 is 0 Å². The fourth-order valence-electron chi connectivity index (χ4n) is 2.30. The lowest BCUT2D eigenvalue weighted by Crippen LogP contribution is -2.41. The van der Waals surface area contributed by atoms with Crippen molar-refractivity contribution in [2.75, 3.05) is 18.8 Å². The minimum atomic E-state index is -3.66. The zero-order valence-electron chi connectivity index (χ0n) is 12.1. The van der Waals surface area contributed by atoms with Gasteiger partial charge in [0.1, 0.15) is 5.82 Å². The van der Waals surface area contributed by atoms with Crippen molar-refractivity contribution in [3.05, 3.63) is 23.5 Å². The monoisotopic (exact) mass is 300 g/mol. The molecule has 1 saturated heterocycles. The van der Waals surface area contributed by atoms with Crippen molar-refractivity contribution in [3.8, 4) is 0 Å². The Morgan fingerprint density at radius 3 is 2.30 bits per heavy atom. The van der Waals surface area contributed by atoms with Crippen LogP contribution in [0.5, 0.6) is 0 Å². The zero-order chi connectivity index (χ0) is 15.1. The van der Waals surface area contributed by atoms with Crippen LogP contribution in [0.4, 0.5) is 10.1 Å². The van der Waals surface area contributed by atoms with E-state index in [2.05, 4.69) is 13.8 Å². The van der Waals surface area contributed by atoms with Crippen LogP contribution in [-0.2, 0) is 10.0 Å². The Kier molecular flexibility index (Phi) is 3.81. The van der Waals surface area contributed by atoms with Gasteiger partial charge in [0.2, 0.25) is 10.0 Å². The summed E-state index contributed by atoms with van der Waals surface area (Å²) in [6, 6.07) is 2.40. The first kappa shape index (κ1) is 15.3. The van der Waals surface area contributed by atoms with E-state index in [1.54, 1.807) is 0 Å². The minimum Gasteiger partial charge on any atom is -0.398 e. The van der Waals surface area contributed by atoms with Gasteiger partial charge in [-0.3, -0.25) is 0 Å². The molecule has 0 atom stereocenters. The Hall–Kier alpha value is -1.14. The molecule has 112 valence electrons. The second kappa shape index (κ2) is 5.00. The number of nitrogen functional groups attached to an aromatic ring is 1. The molecule has 6 heteroatoms. The predicted molar refractivity (Wildman–Crippen MR) is 77.3 cm³/mol. The molecule has 1 aliphatic rings. The number of nitrogens with two attached hydrogens (primary N) is 1. The predicted octanol–water partition coefficient (Wildman–Crippen LogP) is 2.53. The van der Waals surface area contributed by atoms with E-state index in [-0.39, 0.29) is 21.6 Å². The standard InChI is InChI=1S/C14H21FN2O2S/c1-10-12(15)8-11(9-13(10)16)20(18,19)17-6-4-14(2,3)5-7-17/h8-9H,4-7,16H2,1-3H3. The van der Waals surface area contributed by atoms with Crippen LogP contribution >= 0.6 is 0 Å². The van der Waals surface area contributed by atoms with Crippen molar-refractivity contribution in [1.29, 1.82) is 0 Å². The maximum atomic E-state index is 13.7. The molecule has 0 unspecified atom stereocenters. The average Bonchev–Trinajstić information content (AvgIpc) is 2.34. The summed E-state index contributed by atoms with van der Waals surface area (Å²) in [5.41, 5.74) is 6.27. The molecule has 1 aliphatic heterocycles. The summed E-state index contributed by atoms with van der Waals surface area (Å²) >= 11 is 0. The molecule has 2 N–H and O–H groups in total. The quantitative estimate of drug-likeness (QED) is 0.854. The molecule has 0 saturated carbocycles. The number of hydrogen-bond acceptors (Lipinski definition) is 3. The Morgan fingerprint density at radius 2 is 1.80 bits per heavy atom. The number of sulfonamides is 1. The van der Waals surface area contributed by atoms with E-state index < -0.39 is 15.8 Å². The van der Waals surface area contributed by atoms with Gasteiger partial charge < -0.3 is 5.73 Å². The maximum absolute atomic E-state index is 13.7. The van der Waals surface area contributed by atoms with Gasteiger partial charge in [0.25, 0.3) is 0 Å². The highest BCUT2D eigenvalue weighted by atomic mass is 32.2. The number of benzene rings is 1. The lowest BCUT2D eigenvalue weighted by Gasteiger charge is -2.36. The molecule has 1 heterocycles. The molecular weight excluding hydrogens is 279 g/mol. The number of anilines is 1. The van der Waals surface area contributed by atoms with Crippen molar-refractivity contribution in [3.63, 3.8) is 0 Å². The lowest BCUT2D eigenvalue weighted by molar-refractivity contribution is 0.196. The summed E-state index contributed by atoms with van der Waals surface area (Å²) < 4.78 is 40.2. The van der Waals surface area contributed by atoms with Crippen LogP contribution in [-0.4, -0.2) is 25.8 Å². The number of nitrogens with zero attached hydrogens (tertiary/aromatic N) is 1. The first-order chi connectivity index (χ1) is 9.13. The molecule has 2 rings (SSSR count). The fraction of sp³-hybridized carbons (Fsp3) is 0.571. The SMILES string of the molecule is Cc1c(N)cc(S(=O)(=O)N2CCC(C)(C)CC2)cc1F. The van der Waals surface area contributed by atoms with Gasteiger partial charge in [-0.2, -0.15) is 4.31 Å². The van der Waals surface area contributed by atoms with Gasteiger partial charge >= 0.3 is 0 Å². The topological polar surface area (TPSA) is 63.4 Å². The molecule has 4 nitrogen and oxygen atoms in total. The van der Waals surface area contributed by atoms with Crippen molar-refractivity contribution >= 4 is 15.7 Å². The van der Waals surface area contributed by atoms with E-state index in [9.17, 15) is 12.8 Å². The molecule has 0 bridgehead atoms. The van der Waals surface area contributed by atoms with E-state index in [1.807, 2.05) is 0 Å². The van der Waals surface area contributed by atoms with Crippen LogP contribution in [0.3, 0.4) is 0 Å². The Bertz CT molecular complexity index is 593. The first-order valence-electron chi connectivity index (χ1n) is 6.69. The van der Waals surface area contributed by atoms with Crippen molar-refractivity contribution in [1.82, 2.24) is 4.31 Å². The third-order valence-corrected chi connectivity index (χ3v) is 5.95. The van der Waals surface area contributed by atoms with Crippen molar-refractivity contribution < 1.29 is 12.8 Å². The van der Waals surface area contributed by atoms with Crippen LogP contribution in [0.25, 0.3) is 0 Å². The van der Waals surface area contributed by atoms with E-state index in [0.29, 0.717) is 13.1 Å². The normalized spacial score (nSPS) is 20.0. The molecular formula is C14H21FN2O2S. The van der Waals surface area contributed by atoms with Gasteiger partial charge in [0, 0.05) is 24.3 Å². The maximum Gasteiger partial charge on any atom is 0.243 e. The highest BCUT2D eigenvalue weighted by Crippen LogP contribution is 2.33. The fourth-order valence-corrected chi connectivity index (χ4v) is 3.79. The zero-order valence-corrected chi connectivity index (χ0v) is 12.9. The molecule has 0 amide bonds. The third-order valence-electron chi connectivity index (χ3n) is 4.07. The van der Waals surface area contributed by atoms with Crippen LogP contribution in [0.2, 0.25) is 0 Å². The highest BCUT2D eigenvalue weighted by Gasteiger charge is 2.33. The summed E-state index contributed by atoms with van der Waals surface area (Å²) in [6.07, 6.45) is 1.60. The van der Waals surface area contributed by atoms with Gasteiger partial charge in [0.05, 0.1) is 4.90 Å². The van der Waals surface area contributed by atoms with Crippen LogP contribution in [0, 0.1) is 18.2 Å². The van der Waals surface area contributed by atoms with Crippen molar-refractivity contribution in [2.24, 2.45) is 5.41 Å². The molecule has 1 aromatic rings.